The van der Waals surface area contributed by atoms with E-state index in [9.17, 15) is 14.7 Å². The fraction of sp³-hybridized carbons (Fsp3) is 0.636. The average Bonchev–Trinajstić information content (AvgIpc) is 2.70. The summed E-state index contributed by atoms with van der Waals surface area (Å²) in [7, 11) is 1.45. The Morgan fingerprint density at radius 1 is 1.58 bits per heavy atom. The van der Waals surface area contributed by atoms with Crippen LogP contribution in [0.4, 0.5) is 0 Å². The number of hydrogen-bond donors (Lipinski definition) is 2. The summed E-state index contributed by atoms with van der Waals surface area (Å²) in [4.78, 5) is 25.4. The molecule has 1 aliphatic heterocycles. The lowest BCUT2D eigenvalue weighted by Crippen LogP contribution is -2.39. The minimum atomic E-state index is -0.809. The van der Waals surface area contributed by atoms with Gasteiger partial charge in [0.05, 0.1) is 9.67 Å². The molecule has 106 valence electrons. The number of halogens is 1. The lowest BCUT2D eigenvalue weighted by atomic mass is 10.1. The normalized spacial score (nSPS) is 30.7. The van der Waals surface area contributed by atoms with E-state index in [0.29, 0.717) is 9.99 Å². The fourth-order valence-electron chi connectivity index (χ4n) is 2.18. The zero-order valence-electron chi connectivity index (χ0n) is 10.5. The van der Waals surface area contributed by atoms with Crippen molar-refractivity contribution in [1.29, 1.82) is 0 Å². The van der Waals surface area contributed by atoms with Crippen molar-refractivity contribution >= 4 is 22.6 Å². The van der Waals surface area contributed by atoms with Gasteiger partial charge < -0.3 is 14.6 Å². The molecule has 8 heteroatoms. The van der Waals surface area contributed by atoms with E-state index in [1.165, 1.54) is 17.9 Å². The summed E-state index contributed by atoms with van der Waals surface area (Å²) < 4.78 is 12.5. The van der Waals surface area contributed by atoms with Gasteiger partial charge in [0.2, 0.25) is 0 Å². The number of H-pyrrole nitrogens is 1. The molecule has 1 unspecified atom stereocenters. The largest absolute Gasteiger partial charge is 0.388 e. The van der Waals surface area contributed by atoms with Crippen LogP contribution < -0.4 is 11.2 Å². The molecule has 0 aromatic carbocycles. The van der Waals surface area contributed by atoms with E-state index < -0.39 is 35.8 Å². The van der Waals surface area contributed by atoms with E-state index in [0.717, 1.165) is 0 Å². The smallest absolute Gasteiger partial charge is 0.330 e. The second-order valence-corrected chi connectivity index (χ2v) is 5.47. The maximum Gasteiger partial charge on any atom is 0.330 e. The second kappa shape index (κ2) is 5.73. The molecular formula is C11H15IN2O5. The van der Waals surface area contributed by atoms with Crippen molar-refractivity contribution in [2.45, 2.75) is 37.9 Å². The third kappa shape index (κ3) is 2.62. The predicted molar refractivity (Wildman–Crippen MR) is 75.0 cm³/mol. The minimum absolute atomic E-state index is 0.366. The lowest BCUT2D eigenvalue weighted by molar-refractivity contribution is -0.0543. The Hall–Kier alpha value is -0.710. The highest BCUT2D eigenvalue weighted by atomic mass is 127. The van der Waals surface area contributed by atoms with Gasteiger partial charge in [-0.05, 0) is 29.0 Å². The number of aliphatic hydroxyl groups excluding tert-OH is 1. The Kier molecular flexibility index (Phi) is 4.43. The van der Waals surface area contributed by atoms with Crippen LogP contribution in [0.2, 0.25) is 0 Å². The van der Waals surface area contributed by atoms with Gasteiger partial charge in [-0.3, -0.25) is 14.3 Å². The van der Waals surface area contributed by atoms with Gasteiger partial charge >= 0.3 is 5.69 Å². The van der Waals surface area contributed by atoms with E-state index >= 15 is 0 Å². The predicted octanol–water partition coefficient (Wildman–Crippen LogP) is -0.176. The zero-order chi connectivity index (χ0) is 14.2. The molecular weight excluding hydrogens is 367 g/mol. The van der Waals surface area contributed by atoms with Gasteiger partial charge in [0.1, 0.15) is 12.2 Å². The topological polar surface area (TPSA) is 93.6 Å². The number of ether oxygens (including phenoxy) is 2. The SMILES string of the molecule is CC[C@H]1O[C@@H](n2cc(I)c(=O)[nH]c2=O)[C@@H](OC)C1O. The number of nitrogens with zero attached hydrogens (tertiary/aromatic N) is 1. The summed E-state index contributed by atoms with van der Waals surface area (Å²) in [5, 5.41) is 10.1. The van der Waals surface area contributed by atoms with E-state index in [2.05, 4.69) is 4.98 Å². The van der Waals surface area contributed by atoms with Gasteiger partial charge in [-0.1, -0.05) is 6.92 Å². The average molecular weight is 382 g/mol. The first-order valence-corrected chi connectivity index (χ1v) is 6.94. The van der Waals surface area contributed by atoms with Crippen LogP contribution >= 0.6 is 22.6 Å². The Bertz CT molecular complexity index is 569. The summed E-state index contributed by atoms with van der Waals surface area (Å²) in [5.74, 6) is 0. The summed E-state index contributed by atoms with van der Waals surface area (Å²) in [6.45, 7) is 1.88. The molecule has 1 fully saturated rings. The van der Waals surface area contributed by atoms with Crippen LogP contribution in [-0.4, -0.2) is 40.1 Å². The summed E-state index contributed by atoms with van der Waals surface area (Å²) in [6.07, 6.45) is -0.592. The molecule has 1 saturated heterocycles. The third-order valence-corrected chi connectivity index (χ3v) is 3.95. The van der Waals surface area contributed by atoms with Crippen LogP contribution in [0.5, 0.6) is 0 Å². The number of aromatic nitrogens is 2. The Morgan fingerprint density at radius 3 is 2.84 bits per heavy atom. The molecule has 4 atom stereocenters. The monoisotopic (exact) mass is 382 g/mol. The minimum Gasteiger partial charge on any atom is -0.388 e. The number of hydrogen-bond acceptors (Lipinski definition) is 5. The van der Waals surface area contributed by atoms with Crippen molar-refractivity contribution in [3.63, 3.8) is 0 Å². The van der Waals surface area contributed by atoms with Crippen molar-refractivity contribution in [1.82, 2.24) is 9.55 Å². The van der Waals surface area contributed by atoms with Gasteiger partial charge in [-0.25, -0.2) is 4.79 Å². The van der Waals surface area contributed by atoms with E-state index in [1.807, 2.05) is 29.5 Å². The molecule has 7 nitrogen and oxygen atoms in total. The van der Waals surface area contributed by atoms with Crippen LogP contribution in [-0.2, 0) is 9.47 Å². The van der Waals surface area contributed by atoms with Crippen molar-refractivity contribution < 1.29 is 14.6 Å². The van der Waals surface area contributed by atoms with Crippen LogP contribution in [0.3, 0.4) is 0 Å². The molecule has 0 bridgehead atoms. The Balaban J connectivity index is 2.44. The molecule has 0 aliphatic carbocycles. The maximum atomic E-state index is 11.8. The summed E-state index contributed by atoms with van der Waals surface area (Å²) in [5.41, 5.74) is -1.03. The fourth-order valence-corrected chi connectivity index (χ4v) is 2.62. The molecule has 0 saturated carbocycles. The molecule has 2 rings (SSSR count). The second-order valence-electron chi connectivity index (χ2n) is 4.31. The van der Waals surface area contributed by atoms with Gasteiger partial charge in [0, 0.05) is 13.3 Å². The lowest BCUT2D eigenvalue weighted by Gasteiger charge is -2.20. The molecule has 2 heterocycles. The highest BCUT2D eigenvalue weighted by molar-refractivity contribution is 14.1. The molecule has 0 amide bonds. The molecule has 1 aromatic heterocycles. The van der Waals surface area contributed by atoms with Crippen LogP contribution in [0.15, 0.2) is 15.8 Å². The summed E-state index contributed by atoms with van der Waals surface area (Å²) >= 11 is 1.83. The molecule has 1 aromatic rings. The number of aliphatic hydroxyl groups is 1. The third-order valence-electron chi connectivity index (χ3n) is 3.19. The highest BCUT2D eigenvalue weighted by Gasteiger charge is 2.44. The van der Waals surface area contributed by atoms with Gasteiger partial charge in [-0.15, -0.1) is 0 Å². The number of aromatic amines is 1. The first-order chi connectivity index (χ1) is 8.99. The first-order valence-electron chi connectivity index (χ1n) is 5.86. The maximum absolute atomic E-state index is 11.8. The van der Waals surface area contributed by atoms with Crippen LogP contribution in [0.1, 0.15) is 19.6 Å². The van der Waals surface area contributed by atoms with Crippen LogP contribution in [0.25, 0.3) is 0 Å². The Morgan fingerprint density at radius 2 is 2.26 bits per heavy atom. The van der Waals surface area contributed by atoms with Crippen molar-refractivity contribution in [3.8, 4) is 0 Å². The van der Waals surface area contributed by atoms with Crippen molar-refractivity contribution in [3.05, 3.63) is 30.6 Å². The van der Waals surface area contributed by atoms with E-state index in [-0.39, 0.29) is 0 Å². The van der Waals surface area contributed by atoms with E-state index in [1.54, 1.807) is 0 Å². The summed E-state index contributed by atoms with van der Waals surface area (Å²) in [6, 6.07) is 0. The highest BCUT2D eigenvalue weighted by Crippen LogP contribution is 2.31. The van der Waals surface area contributed by atoms with E-state index in [4.69, 9.17) is 9.47 Å². The van der Waals surface area contributed by atoms with Crippen molar-refractivity contribution in [2.75, 3.05) is 7.11 Å². The van der Waals surface area contributed by atoms with Crippen molar-refractivity contribution in [2.24, 2.45) is 0 Å². The molecule has 0 spiro atoms. The molecule has 0 radical (unpaired) electrons. The van der Waals surface area contributed by atoms with Gasteiger partial charge in [0.25, 0.3) is 5.56 Å². The Labute approximate surface area is 122 Å². The van der Waals surface area contributed by atoms with Crippen LogP contribution in [0, 0.1) is 3.57 Å². The molecule has 2 N–H and O–H groups in total. The first kappa shape index (κ1) is 14.7. The molecule has 19 heavy (non-hydrogen) atoms. The van der Waals surface area contributed by atoms with Gasteiger partial charge in [0.15, 0.2) is 6.23 Å². The quantitative estimate of drug-likeness (QED) is 0.708. The number of nitrogens with one attached hydrogen (secondary N) is 1. The van der Waals surface area contributed by atoms with Gasteiger partial charge in [-0.2, -0.15) is 0 Å². The number of methoxy groups -OCH3 is 1. The number of rotatable bonds is 3. The zero-order valence-corrected chi connectivity index (χ0v) is 12.7. The molecule has 1 aliphatic rings. The standard InChI is InChI=1S/C11H15IN2O5/c1-3-6-7(15)8(18-2)10(19-6)14-4-5(12)9(16)13-11(14)17/h4,6-8,10,15H,3H2,1-2H3,(H,13,16,17)/t6-,7?,8+,10-/m1/s1.